The van der Waals surface area contributed by atoms with Gasteiger partial charge in [-0.1, -0.05) is 41.9 Å². The Labute approximate surface area is 179 Å². The van der Waals surface area contributed by atoms with Crippen LogP contribution in [0.4, 0.5) is 5.69 Å². The highest BCUT2D eigenvalue weighted by molar-refractivity contribution is 7.89. The normalized spacial score (nSPS) is 16.8. The third-order valence-electron chi connectivity index (χ3n) is 5.24. The molecule has 0 bridgehead atoms. The second kappa shape index (κ2) is 7.75. The SMILES string of the molecule is Nc1ccc2c(c1)CN(S(=O)(=O)c1ccc(-c3ccc(Cl)cc3)cc1)[C@@H](C(=O)O)C2. The molecule has 8 heteroatoms. The fraction of sp³-hybridized carbons (Fsp3) is 0.136. The van der Waals surface area contributed by atoms with Crippen molar-refractivity contribution in [3.05, 3.63) is 82.9 Å². The number of sulfonamides is 1. The lowest BCUT2D eigenvalue weighted by molar-refractivity contribution is -0.141. The van der Waals surface area contributed by atoms with Gasteiger partial charge in [-0.15, -0.1) is 0 Å². The molecule has 154 valence electrons. The van der Waals surface area contributed by atoms with Crippen LogP contribution in [-0.4, -0.2) is 29.8 Å². The second-order valence-corrected chi connectivity index (χ2v) is 9.49. The number of fused-ring (bicyclic) bond motifs is 1. The van der Waals surface area contributed by atoms with Crippen LogP contribution in [0.2, 0.25) is 5.02 Å². The van der Waals surface area contributed by atoms with Gasteiger partial charge in [-0.25, -0.2) is 8.42 Å². The van der Waals surface area contributed by atoms with Crippen molar-refractivity contribution in [1.82, 2.24) is 4.31 Å². The molecule has 3 aromatic carbocycles. The first kappa shape index (κ1) is 20.4. The summed E-state index contributed by atoms with van der Waals surface area (Å²) in [5.41, 5.74) is 9.57. The second-order valence-electron chi connectivity index (χ2n) is 7.17. The average Bonchev–Trinajstić information content (AvgIpc) is 2.73. The van der Waals surface area contributed by atoms with Crippen LogP contribution in [0.25, 0.3) is 11.1 Å². The van der Waals surface area contributed by atoms with Gasteiger partial charge in [0.1, 0.15) is 6.04 Å². The molecule has 0 unspecified atom stereocenters. The molecule has 0 saturated heterocycles. The maximum Gasteiger partial charge on any atom is 0.322 e. The van der Waals surface area contributed by atoms with E-state index in [1.165, 1.54) is 12.1 Å². The van der Waals surface area contributed by atoms with Crippen molar-refractivity contribution >= 4 is 33.3 Å². The van der Waals surface area contributed by atoms with E-state index >= 15 is 0 Å². The number of carbonyl (C=O) groups is 1. The molecule has 0 radical (unpaired) electrons. The lowest BCUT2D eigenvalue weighted by atomic mass is 9.95. The summed E-state index contributed by atoms with van der Waals surface area (Å²) >= 11 is 5.91. The molecule has 0 aliphatic carbocycles. The number of hydrogen-bond donors (Lipinski definition) is 2. The highest BCUT2D eigenvalue weighted by Crippen LogP contribution is 2.31. The number of hydrogen-bond acceptors (Lipinski definition) is 4. The Morgan fingerprint density at radius 3 is 2.17 bits per heavy atom. The molecule has 3 aromatic rings. The van der Waals surface area contributed by atoms with Gasteiger partial charge in [0.15, 0.2) is 0 Å². The van der Waals surface area contributed by atoms with Gasteiger partial charge >= 0.3 is 5.97 Å². The van der Waals surface area contributed by atoms with Crippen LogP contribution in [0.1, 0.15) is 11.1 Å². The predicted molar refractivity (Wildman–Crippen MR) is 116 cm³/mol. The smallest absolute Gasteiger partial charge is 0.322 e. The molecule has 0 saturated carbocycles. The number of nitrogen functional groups attached to an aromatic ring is 1. The van der Waals surface area contributed by atoms with Crippen molar-refractivity contribution in [2.45, 2.75) is 23.9 Å². The largest absolute Gasteiger partial charge is 0.480 e. The van der Waals surface area contributed by atoms with Gasteiger partial charge in [-0.3, -0.25) is 4.79 Å². The number of carboxylic acid groups (broad SMARTS) is 1. The number of nitrogens with zero attached hydrogens (tertiary/aromatic N) is 1. The third kappa shape index (κ3) is 3.79. The van der Waals surface area contributed by atoms with E-state index in [4.69, 9.17) is 17.3 Å². The zero-order chi connectivity index (χ0) is 21.5. The minimum Gasteiger partial charge on any atom is -0.480 e. The Balaban J connectivity index is 1.69. The first-order valence-corrected chi connectivity index (χ1v) is 11.1. The zero-order valence-corrected chi connectivity index (χ0v) is 17.4. The first-order chi connectivity index (χ1) is 14.3. The summed E-state index contributed by atoms with van der Waals surface area (Å²) in [5, 5.41) is 10.3. The summed E-state index contributed by atoms with van der Waals surface area (Å²) in [4.78, 5) is 11.9. The first-order valence-electron chi connectivity index (χ1n) is 9.23. The van der Waals surface area contributed by atoms with E-state index in [1.807, 2.05) is 12.1 Å². The minimum absolute atomic E-state index is 0.0406. The number of benzene rings is 3. The number of aliphatic carboxylic acids is 1. The maximum atomic E-state index is 13.3. The maximum absolute atomic E-state index is 13.3. The van der Waals surface area contributed by atoms with Gasteiger partial charge in [-0.05, 0) is 58.7 Å². The molecule has 1 heterocycles. The average molecular weight is 443 g/mol. The van der Waals surface area contributed by atoms with Crippen LogP contribution in [0.15, 0.2) is 71.6 Å². The summed E-state index contributed by atoms with van der Waals surface area (Å²) in [7, 11) is -4.03. The van der Waals surface area contributed by atoms with E-state index in [0.29, 0.717) is 16.3 Å². The molecular weight excluding hydrogens is 424 g/mol. The predicted octanol–water partition coefficient (Wildman–Crippen LogP) is 3.79. The molecule has 0 fully saturated rings. The van der Waals surface area contributed by atoms with Crippen molar-refractivity contribution in [3.8, 4) is 11.1 Å². The molecule has 1 aliphatic rings. The van der Waals surface area contributed by atoms with E-state index in [2.05, 4.69) is 0 Å². The van der Waals surface area contributed by atoms with Crippen LogP contribution in [-0.2, 0) is 27.8 Å². The highest BCUT2D eigenvalue weighted by atomic mass is 35.5. The standard InChI is InChI=1S/C22H19ClN2O4S/c23-18-6-1-14(2-7-18)15-4-9-20(10-5-15)30(28,29)25-13-17-11-19(24)8-3-16(17)12-21(25)22(26)27/h1-11,21H,12-13,24H2,(H,26,27)/t21-/m1/s1. The molecule has 1 aliphatic heterocycles. The van der Waals surface area contributed by atoms with Crippen LogP contribution in [0, 0.1) is 0 Å². The van der Waals surface area contributed by atoms with Gasteiger partial charge < -0.3 is 10.8 Å². The van der Waals surface area contributed by atoms with E-state index in [0.717, 1.165) is 21.0 Å². The Bertz CT molecular complexity index is 1210. The summed E-state index contributed by atoms with van der Waals surface area (Å²) in [6.07, 6.45) is 0.0903. The number of carboxylic acids is 1. The van der Waals surface area contributed by atoms with Gasteiger partial charge in [0.2, 0.25) is 10.0 Å². The van der Waals surface area contributed by atoms with Crippen LogP contribution < -0.4 is 5.73 Å². The highest BCUT2D eigenvalue weighted by Gasteiger charge is 2.39. The third-order valence-corrected chi connectivity index (χ3v) is 7.36. The van der Waals surface area contributed by atoms with Crippen molar-refractivity contribution in [2.75, 3.05) is 5.73 Å². The minimum atomic E-state index is -4.03. The number of rotatable bonds is 4. The zero-order valence-electron chi connectivity index (χ0n) is 15.8. The number of anilines is 1. The fourth-order valence-electron chi connectivity index (χ4n) is 3.64. The molecule has 0 spiro atoms. The van der Waals surface area contributed by atoms with E-state index < -0.39 is 22.0 Å². The van der Waals surface area contributed by atoms with E-state index in [1.54, 1.807) is 42.5 Å². The quantitative estimate of drug-likeness (QED) is 0.598. The van der Waals surface area contributed by atoms with Crippen molar-refractivity contribution in [3.63, 3.8) is 0 Å². The number of halogens is 1. The topological polar surface area (TPSA) is 101 Å². The summed E-state index contributed by atoms with van der Waals surface area (Å²) < 4.78 is 27.6. The Hall–Kier alpha value is -2.87. The van der Waals surface area contributed by atoms with E-state index in [-0.39, 0.29) is 17.9 Å². The van der Waals surface area contributed by atoms with Crippen molar-refractivity contribution in [2.24, 2.45) is 0 Å². The fourth-order valence-corrected chi connectivity index (χ4v) is 5.33. The van der Waals surface area contributed by atoms with E-state index in [9.17, 15) is 18.3 Å². The number of nitrogens with two attached hydrogens (primary N) is 1. The van der Waals surface area contributed by atoms with Crippen LogP contribution >= 0.6 is 11.6 Å². The monoisotopic (exact) mass is 442 g/mol. The molecule has 0 amide bonds. The van der Waals surface area contributed by atoms with Crippen molar-refractivity contribution < 1.29 is 18.3 Å². The lowest BCUT2D eigenvalue weighted by Crippen LogP contribution is -2.48. The molecule has 3 N–H and O–H groups in total. The summed E-state index contributed by atoms with van der Waals surface area (Å²) in [6.45, 7) is -0.0430. The van der Waals surface area contributed by atoms with Gasteiger partial charge in [0.05, 0.1) is 4.90 Å². The lowest BCUT2D eigenvalue weighted by Gasteiger charge is -2.33. The summed E-state index contributed by atoms with van der Waals surface area (Å²) in [6, 6.07) is 17.6. The van der Waals surface area contributed by atoms with Crippen molar-refractivity contribution in [1.29, 1.82) is 0 Å². The van der Waals surface area contributed by atoms with Gasteiger partial charge in [0, 0.05) is 23.7 Å². The molecule has 4 rings (SSSR count). The molecule has 1 atom stereocenters. The van der Waals surface area contributed by atoms with Crippen LogP contribution in [0.3, 0.4) is 0 Å². The Morgan fingerprint density at radius 1 is 0.967 bits per heavy atom. The Morgan fingerprint density at radius 2 is 1.57 bits per heavy atom. The van der Waals surface area contributed by atoms with Crippen LogP contribution in [0.5, 0.6) is 0 Å². The molecule has 0 aromatic heterocycles. The molecular formula is C22H19ClN2O4S. The molecule has 6 nitrogen and oxygen atoms in total. The summed E-state index contributed by atoms with van der Waals surface area (Å²) in [5.74, 6) is -1.18. The molecule has 30 heavy (non-hydrogen) atoms. The Kier molecular flexibility index (Phi) is 5.27. The van der Waals surface area contributed by atoms with Gasteiger partial charge in [0.25, 0.3) is 0 Å². The van der Waals surface area contributed by atoms with Gasteiger partial charge in [-0.2, -0.15) is 4.31 Å².